The maximum atomic E-state index is 11.1. The zero-order valence-corrected chi connectivity index (χ0v) is 8.67. The summed E-state index contributed by atoms with van der Waals surface area (Å²) in [7, 11) is 0. The van der Waals surface area contributed by atoms with Crippen molar-refractivity contribution in [2.75, 3.05) is 0 Å². The molecule has 5 nitrogen and oxygen atoms in total. The molecule has 1 amide bonds. The van der Waals surface area contributed by atoms with Gasteiger partial charge in [0.25, 0.3) is 0 Å². The quantitative estimate of drug-likeness (QED) is 0.638. The Labute approximate surface area is 93.1 Å². The van der Waals surface area contributed by atoms with Gasteiger partial charge in [-0.2, -0.15) is 0 Å². The van der Waals surface area contributed by atoms with Gasteiger partial charge in [-0.3, -0.25) is 9.59 Å². The monoisotopic (exact) mass is 222 g/mol. The molecule has 0 aliphatic heterocycles. The van der Waals surface area contributed by atoms with Gasteiger partial charge < -0.3 is 16.6 Å². The normalized spacial score (nSPS) is 14.1. The van der Waals surface area contributed by atoms with E-state index in [1.54, 1.807) is 24.3 Å². The third kappa shape index (κ3) is 3.06. The Bertz CT molecular complexity index is 378. The van der Waals surface area contributed by atoms with E-state index in [9.17, 15) is 9.59 Å². The van der Waals surface area contributed by atoms with Crippen molar-refractivity contribution in [2.24, 2.45) is 17.4 Å². The molecular weight excluding hydrogens is 208 g/mol. The van der Waals surface area contributed by atoms with Crippen LogP contribution in [0.4, 0.5) is 0 Å². The third-order valence-electron chi connectivity index (χ3n) is 2.38. The molecule has 2 atom stereocenters. The lowest BCUT2D eigenvalue weighted by molar-refractivity contribution is -0.142. The van der Waals surface area contributed by atoms with Crippen LogP contribution in [-0.4, -0.2) is 23.0 Å². The lowest BCUT2D eigenvalue weighted by Gasteiger charge is -2.17. The van der Waals surface area contributed by atoms with Crippen LogP contribution < -0.4 is 11.5 Å². The zero-order valence-electron chi connectivity index (χ0n) is 8.67. The molecule has 0 saturated heterocycles. The van der Waals surface area contributed by atoms with Crippen LogP contribution in [0.15, 0.2) is 30.3 Å². The van der Waals surface area contributed by atoms with Gasteiger partial charge in [0, 0.05) is 0 Å². The SMILES string of the molecule is NC(=O)C(Cc1ccccc1)C(N)C(=O)O. The molecule has 5 N–H and O–H groups in total. The van der Waals surface area contributed by atoms with Crippen molar-refractivity contribution in [3.63, 3.8) is 0 Å². The van der Waals surface area contributed by atoms with E-state index in [1.807, 2.05) is 6.07 Å². The Balaban J connectivity index is 2.81. The maximum absolute atomic E-state index is 11.1. The van der Waals surface area contributed by atoms with E-state index in [2.05, 4.69) is 0 Å². The number of hydrogen-bond donors (Lipinski definition) is 3. The van der Waals surface area contributed by atoms with Crippen molar-refractivity contribution in [3.8, 4) is 0 Å². The molecule has 0 fully saturated rings. The van der Waals surface area contributed by atoms with Crippen LogP contribution in [-0.2, 0) is 16.0 Å². The number of amides is 1. The number of carboxylic acids is 1. The summed E-state index contributed by atoms with van der Waals surface area (Å²) in [5.41, 5.74) is 11.4. The number of nitrogens with two attached hydrogens (primary N) is 2. The van der Waals surface area contributed by atoms with Crippen molar-refractivity contribution >= 4 is 11.9 Å². The van der Waals surface area contributed by atoms with Gasteiger partial charge in [0.2, 0.25) is 5.91 Å². The molecule has 0 radical (unpaired) electrons. The fraction of sp³-hybridized carbons (Fsp3) is 0.273. The Hall–Kier alpha value is -1.88. The number of carbonyl (C=O) groups is 2. The zero-order chi connectivity index (χ0) is 12.1. The van der Waals surface area contributed by atoms with Crippen LogP contribution in [0, 0.1) is 5.92 Å². The second-order valence-electron chi connectivity index (χ2n) is 3.56. The summed E-state index contributed by atoms with van der Waals surface area (Å²) >= 11 is 0. The van der Waals surface area contributed by atoms with Crippen LogP contribution in [0.2, 0.25) is 0 Å². The smallest absolute Gasteiger partial charge is 0.321 e. The highest BCUT2D eigenvalue weighted by Crippen LogP contribution is 2.11. The molecule has 86 valence electrons. The van der Waals surface area contributed by atoms with Gasteiger partial charge in [0.05, 0.1) is 5.92 Å². The number of carbonyl (C=O) groups excluding carboxylic acids is 1. The molecule has 0 saturated carbocycles. The molecule has 2 unspecified atom stereocenters. The fourth-order valence-corrected chi connectivity index (χ4v) is 1.44. The maximum Gasteiger partial charge on any atom is 0.321 e. The minimum atomic E-state index is -1.27. The highest BCUT2D eigenvalue weighted by Gasteiger charge is 2.28. The van der Waals surface area contributed by atoms with Gasteiger partial charge in [0.1, 0.15) is 6.04 Å². The average Bonchev–Trinajstić information content (AvgIpc) is 2.26. The molecule has 0 bridgehead atoms. The first kappa shape index (κ1) is 12.2. The molecule has 0 aliphatic rings. The molecular formula is C11H14N2O3. The van der Waals surface area contributed by atoms with Crippen molar-refractivity contribution in [3.05, 3.63) is 35.9 Å². The molecule has 0 spiro atoms. The minimum Gasteiger partial charge on any atom is -0.480 e. The average molecular weight is 222 g/mol. The Morgan fingerprint density at radius 3 is 2.25 bits per heavy atom. The molecule has 16 heavy (non-hydrogen) atoms. The summed E-state index contributed by atoms with van der Waals surface area (Å²) in [6, 6.07) is 7.77. The molecule has 1 aromatic carbocycles. The molecule has 0 heterocycles. The van der Waals surface area contributed by atoms with Crippen molar-refractivity contribution < 1.29 is 14.7 Å². The second kappa shape index (κ2) is 5.27. The van der Waals surface area contributed by atoms with Gasteiger partial charge in [-0.1, -0.05) is 30.3 Å². The van der Waals surface area contributed by atoms with Crippen LogP contribution in [0.3, 0.4) is 0 Å². The third-order valence-corrected chi connectivity index (χ3v) is 2.38. The standard InChI is InChI=1S/C11H14N2O3/c12-9(11(15)16)8(10(13)14)6-7-4-2-1-3-5-7/h1-5,8-9H,6,12H2,(H2,13,14)(H,15,16). The largest absolute Gasteiger partial charge is 0.480 e. The van der Waals surface area contributed by atoms with Crippen LogP contribution in [0.1, 0.15) is 5.56 Å². The van der Waals surface area contributed by atoms with E-state index in [0.717, 1.165) is 5.56 Å². The van der Waals surface area contributed by atoms with Gasteiger partial charge in [-0.05, 0) is 12.0 Å². The first-order chi connectivity index (χ1) is 7.52. The fourth-order valence-electron chi connectivity index (χ4n) is 1.44. The first-order valence-electron chi connectivity index (χ1n) is 4.84. The lowest BCUT2D eigenvalue weighted by Crippen LogP contribution is -2.45. The lowest BCUT2D eigenvalue weighted by atomic mass is 9.92. The van der Waals surface area contributed by atoms with E-state index in [0.29, 0.717) is 0 Å². The Morgan fingerprint density at radius 2 is 1.81 bits per heavy atom. The van der Waals surface area contributed by atoms with Gasteiger partial charge >= 0.3 is 5.97 Å². The van der Waals surface area contributed by atoms with Crippen molar-refractivity contribution in [1.82, 2.24) is 0 Å². The summed E-state index contributed by atoms with van der Waals surface area (Å²) in [6.07, 6.45) is 0.240. The van der Waals surface area contributed by atoms with E-state index in [-0.39, 0.29) is 6.42 Å². The molecule has 0 aromatic heterocycles. The van der Waals surface area contributed by atoms with E-state index in [4.69, 9.17) is 16.6 Å². The van der Waals surface area contributed by atoms with Crippen LogP contribution >= 0.6 is 0 Å². The number of primary amides is 1. The summed E-state index contributed by atoms with van der Waals surface area (Å²) in [5.74, 6) is -2.81. The Morgan fingerprint density at radius 1 is 1.25 bits per heavy atom. The number of aliphatic carboxylic acids is 1. The predicted molar refractivity (Wildman–Crippen MR) is 58.4 cm³/mol. The Kier molecular flexibility index (Phi) is 4.02. The second-order valence-corrected chi connectivity index (χ2v) is 3.56. The molecule has 1 rings (SSSR count). The highest BCUT2D eigenvalue weighted by molar-refractivity contribution is 5.85. The van der Waals surface area contributed by atoms with Gasteiger partial charge in [-0.25, -0.2) is 0 Å². The molecule has 1 aromatic rings. The summed E-state index contributed by atoms with van der Waals surface area (Å²) < 4.78 is 0. The topological polar surface area (TPSA) is 106 Å². The summed E-state index contributed by atoms with van der Waals surface area (Å²) in [5, 5.41) is 8.75. The minimum absolute atomic E-state index is 0.240. The van der Waals surface area contributed by atoms with Crippen LogP contribution in [0.5, 0.6) is 0 Å². The van der Waals surface area contributed by atoms with Crippen LogP contribution in [0.25, 0.3) is 0 Å². The van der Waals surface area contributed by atoms with E-state index < -0.39 is 23.8 Å². The number of hydrogen-bond acceptors (Lipinski definition) is 3. The molecule has 0 aliphatic carbocycles. The van der Waals surface area contributed by atoms with Gasteiger partial charge in [-0.15, -0.1) is 0 Å². The van der Waals surface area contributed by atoms with E-state index in [1.165, 1.54) is 0 Å². The van der Waals surface area contributed by atoms with Gasteiger partial charge in [0.15, 0.2) is 0 Å². The number of rotatable bonds is 5. The summed E-state index contributed by atoms with van der Waals surface area (Å²) in [6.45, 7) is 0. The summed E-state index contributed by atoms with van der Waals surface area (Å²) in [4.78, 5) is 21.8. The van der Waals surface area contributed by atoms with E-state index >= 15 is 0 Å². The molecule has 5 heteroatoms. The highest BCUT2D eigenvalue weighted by atomic mass is 16.4. The number of carboxylic acid groups (broad SMARTS) is 1. The number of benzene rings is 1. The predicted octanol–water partition coefficient (Wildman–Crippen LogP) is -0.258. The first-order valence-corrected chi connectivity index (χ1v) is 4.84. The van der Waals surface area contributed by atoms with Crippen molar-refractivity contribution in [2.45, 2.75) is 12.5 Å². The van der Waals surface area contributed by atoms with Crippen molar-refractivity contribution in [1.29, 1.82) is 0 Å².